The molecule has 0 aromatic heterocycles. The summed E-state index contributed by atoms with van der Waals surface area (Å²) in [6.07, 6.45) is 0. The van der Waals surface area contributed by atoms with E-state index in [1.807, 2.05) is 6.92 Å². The van der Waals surface area contributed by atoms with Gasteiger partial charge in [-0.25, -0.2) is 0 Å². The number of allylic oxidation sites excluding steroid dienone is 1. The smallest absolute Gasteiger partial charge is 0.199 e. The predicted molar refractivity (Wildman–Crippen MR) is 54.8 cm³/mol. The van der Waals surface area contributed by atoms with Crippen molar-refractivity contribution in [3.05, 3.63) is 11.4 Å². The van der Waals surface area contributed by atoms with Crippen LogP contribution in [-0.4, -0.2) is 55.4 Å². The lowest BCUT2D eigenvalue weighted by Crippen LogP contribution is -2.45. The molecule has 0 unspecified atom stereocenters. The second-order valence-electron chi connectivity index (χ2n) is 4.04. The number of likely N-dealkylation sites (N-methyl/N-ethyl adjacent to an activating group) is 1. The van der Waals surface area contributed by atoms with Crippen molar-refractivity contribution >= 4 is 5.78 Å². The van der Waals surface area contributed by atoms with Gasteiger partial charge in [-0.15, -0.1) is 0 Å². The molecule has 0 saturated carbocycles. The standard InChI is InChI=1S/C10H17N3O/c1-8-10(9(14)7-11-8)13-5-3-12(2)4-6-13/h11H,3-7H2,1-2H3. The molecule has 0 bridgehead atoms. The first-order chi connectivity index (χ1) is 6.68. The van der Waals surface area contributed by atoms with E-state index in [0.29, 0.717) is 6.54 Å². The van der Waals surface area contributed by atoms with Gasteiger partial charge in [-0.05, 0) is 14.0 Å². The minimum atomic E-state index is 0.243. The van der Waals surface area contributed by atoms with Crippen LogP contribution in [0.3, 0.4) is 0 Å². The van der Waals surface area contributed by atoms with E-state index in [1.54, 1.807) is 0 Å². The molecule has 0 amide bonds. The van der Waals surface area contributed by atoms with Gasteiger partial charge in [0.25, 0.3) is 0 Å². The highest BCUT2D eigenvalue weighted by molar-refractivity contribution is 5.99. The topological polar surface area (TPSA) is 35.6 Å². The zero-order chi connectivity index (χ0) is 10.1. The number of ketones is 1. The van der Waals surface area contributed by atoms with Gasteiger partial charge in [0.2, 0.25) is 0 Å². The molecule has 1 fully saturated rings. The van der Waals surface area contributed by atoms with E-state index in [-0.39, 0.29) is 5.78 Å². The largest absolute Gasteiger partial charge is 0.379 e. The van der Waals surface area contributed by atoms with E-state index >= 15 is 0 Å². The minimum absolute atomic E-state index is 0.243. The van der Waals surface area contributed by atoms with Crippen molar-refractivity contribution in [1.82, 2.24) is 15.1 Å². The number of hydrogen-bond donors (Lipinski definition) is 1. The molecule has 2 rings (SSSR count). The third-order valence-corrected chi connectivity index (χ3v) is 2.95. The molecule has 1 saturated heterocycles. The van der Waals surface area contributed by atoms with Crippen LogP contribution in [-0.2, 0) is 4.79 Å². The van der Waals surface area contributed by atoms with Gasteiger partial charge < -0.3 is 15.1 Å². The SMILES string of the molecule is CC1=C(N2CCN(C)CC2)C(=O)CN1. The highest BCUT2D eigenvalue weighted by Gasteiger charge is 2.26. The highest BCUT2D eigenvalue weighted by Crippen LogP contribution is 2.16. The Balaban J connectivity index is 2.08. The van der Waals surface area contributed by atoms with E-state index in [9.17, 15) is 4.79 Å². The minimum Gasteiger partial charge on any atom is -0.379 e. The van der Waals surface area contributed by atoms with Crippen LogP contribution in [0.25, 0.3) is 0 Å². The van der Waals surface area contributed by atoms with Gasteiger partial charge in [-0.3, -0.25) is 4.79 Å². The number of nitrogens with one attached hydrogen (secondary N) is 1. The summed E-state index contributed by atoms with van der Waals surface area (Å²) >= 11 is 0. The second-order valence-corrected chi connectivity index (χ2v) is 4.04. The summed E-state index contributed by atoms with van der Waals surface area (Å²) in [6.45, 7) is 6.49. The fraction of sp³-hybridized carbons (Fsp3) is 0.700. The van der Waals surface area contributed by atoms with Gasteiger partial charge in [0.05, 0.1) is 6.54 Å². The fourth-order valence-corrected chi connectivity index (χ4v) is 2.03. The van der Waals surface area contributed by atoms with Crippen molar-refractivity contribution in [3.8, 4) is 0 Å². The second kappa shape index (κ2) is 3.61. The molecular weight excluding hydrogens is 178 g/mol. The lowest BCUT2D eigenvalue weighted by Gasteiger charge is -2.34. The molecule has 2 aliphatic rings. The molecule has 0 aliphatic carbocycles. The van der Waals surface area contributed by atoms with Crippen LogP contribution in [0.4, 0.5) is 0 Å². The maximum atomic E-state index is 11.6. The number of hydrogen-bond acceptors (Lipinski definition) is 4. The van der Waals surface area contributed by atoms with Crippen molar-refractivity contribution in [2.45, 2.75) is 6.92 Å². The maximum absolute atomic E-state index is 11.6. The first-order valence-electron chi connectivity index (χ1n) is 5.10. The van der Waals surface area contributed by atoms with Crippen molar-refractivity contribution in [3.63, 3.8) is 0 Å². The van der Waals surface area contributed by atoms with Gasteiger partial charge in [0.1, 0.15) is 5.70 Å². The van der Waals surface area contributed by atoms with E-state index in [1.165, 1.54) is 0 Å². The molecule has 4 heteroatoms. The Morgan fingerprint density at radius 2 is 1.86 bits per heavy atom. The van der Waals surface area contributed by atoms with Crippen molar-refractivity contribution < 1.29 is 4.79 Å². The summed E-state index contributed by atoms with van der Waals surface area (Å²) in [5.41, 5.74) is 1.96. The van der Waals surface area contributed by atoms with E-state index in [0.717, 1.165) is 37.6 Å². The third kappa shape index (κ3) is 1.62. The molecule has 0 aromatic carbocycles. The molecule has 2 heterocycles. The Kier molecular flexibility index (Phi) is 2.46. The molecule has 4 nitrogen and oxygen atoms in total. The molecular formula is C10H17N3O. The number of piperazine rings is 1. The van der Waals surface area contributed by atoms with Crippen LogP contribution in [0.1, 0.15) is 6.92 Å². The van der Waals surface area contributed by atoms with Gasteiger partial charge in [-0.1, -0.05) is 0 Å². The summed E-state index contributed by atoms with van der Waals surface area (Å²) in [6, 6.07) is 0. The van der Waals surface area contributed by atoms with Gasteiger partial charge in [-0.2, -0.15) is 0 Å². The summed E-state index contributed by atoms with van der Waals surface area (Å²) in [7, 11) is 2.12. The number of rotatable bonds is 1. The first-order valence-corrected chi connectivity index (χ1v) is 5.10. The molecule has 2 aliphatic heterocycles. The van der Waals surface area contributed by atoms with E-state index in [2.05, 4.69) is 22.2 Å². The van der Waals surface area contributed by atoms with Gasteiger partial charge in [0.15, 0.2) is 5.78 Å². The lowest BCUT2D eigenvalue weighted by molar-refractivity contribution is -0.115. The highest BCUT2D eigenvalue weighted by atomic mass is 16.1. The summed E-state index contributed by atoms with van der Waals surface area (Å²) in [5, 5.41) is 3.10. The summed E-state index contributed by atoms with van der Waals surface area (Å²) in [4.78, 5) is 16.1. The number of carbonyl (C=O) groups excluding carboxylic acids is 1. The number of Topliss-reactive ketones (excluding diaryl/α,β-unsaturated/α-hetero) is 1. The zero-order valence-corrected chi connectivity index (χ0v) is 8.84. The van der Waals surface area contributed by atoms with Crippen LogP contribution in [0, 0.1) is 0 Å². The third-order valence-electron chi connectivity index (χ3n) is 2.95. The average Bonchev–Trinajstić information content (AvgIpc) is 2.49. The molecule has 0 aromatic rings. The molecule has 14 heavy (non-hydrogen) atoms. The van der Waals surface area contributed by atoms with Crippen molar-refractivity contribution in [2.24, 2.45) is 0 Å². The van der Waals surface area contributed by atoms with Crippen LogP contribution in [0.5, 0.6) is 0 Å². The Hall–Kier alpha value is -1.03. The Labute approximate surface area is 84.6 Å². The predicted octanol–water partition coefficient (Wildman–Crippen LogP) is -0.362. The van der Waals surface area contributed by atoms with Crippen molar-refractivity contribution in [2.75, 3.05) is 39.8 Å². The van der Waals surface area contributed by atoms with Crippen LogP contribution in [0.15, 0.2) is 11.4 Å². The van der Waals surface area contributed by atoms with Gasteiger partial charge in [0, 0.05) is 31.9 Å². The van der Waals surface area contributed by atoms with Crippen LogP contribution < -0.4 is 5.32 Å². The monoisotopic (exact) mass is 195 g/mol. The Morgan fingerprint density at radius 3 is 2.36 bits per heavy atom. The summed E-state index contributed by atoms with van der Waals surface area (Å²) in [5.74, 6) is 0.243. The Bertz CT molecular complexity index is 277. The normalized spacial score (nSPS) is 24.4. The van der Waals surface area contributed by atoms with E-state index in [4.69, 9.17) is 0 Å². The average molecular weight is 195 g/mol. The quantitative estimate of drug-likeness (QED) is 0.619. The molecule has 78 valence electrons. The van der Waals surface area contributed by atoms with Gasteiger partial charge >= 0.3 is 0 Å². The van der Waals surface area contributed by atoms with Crippen LogP contribution >= 0.6 is 0 Å². The molecule has 0 radical (unpaired) electrons. The summed E-state index contributed by atoms with van der Waals surface area (Å²) < 4.78 is 0. The first kappa shape index (κ1) is 9.52. The zero-order valence-electron chi connectivity index (χ0n) is 8.84. The lowest BCUT2D eigenvalue weighted by atomic mass is 10.2. The number of carbonyl (C=O) groups is 1. The van der Waals surface area contributed by atoms with Crippen LogP contribution in [0.2, 0.25) is 0 Å². The maximum Gasteiger partial charge on any atom is 0.199 e. The molecule has 1 N–H and O–H groups in total. The number of nitrogens with zero attached hydrogens (tertiary/aromatic N) is 2. The molecule has 0 atom stereocenters. The Morgan fingerprint density at radius 1 is 1.21 bits per heavy atom. The van der Waals surface area contributed by atoms with Crippen molar-refractivity contribution in [1.29, 1.82) is 0 Å². The van der Waals surface area contributed by atoms with E-state index < -0.39 is 0 Å². The molecule has 0 spiro atoms. The fourth-order valence-electron chi connectivity index (χ4n) is 2.03.